The van der Waals surface area contributed by atoms with Gasteiger partial charge in [-0.1, -0.05) is 192 Å². The van der Waals surface area contributed by atoms with Crippen LogP contribution in [-0.2, 0) is 18.4 Å². The molecule has 0 heterocycles. The first-order valence-electron chi connectivity index (χ1n) is 22.2. The zero-order chi connectivity index (χ0) is 39.3. The molecule has 0 rings (SSSR count). The van der Waals surface area contributed by atoms with Crippen LogP contribution in [0.4, 0.5) is 0 Å². The van der Waals surface area contributed by atoms with Crippen molar-refractivity contribution in [1.29, 1.82) is 0 Å². The Bertz CT molecular complexity index is 922. The molecule has 0 aromatic carbocycles. The number of nitrogens with zero attached hydrogens (tertiary/aromatic N) is 1. The third kappa shape index (κ3) is 39.0. The highest BCUT2D eigenvalue weighted by molar-refractivity contribution is 7.45. The molecule has 0 aromatic heterocycles. The molecule has 0 aliphatic rings. The average molecular weight is 771 g/mol. The van der Waals surface area contributed by atoms with Gasteiger partial charge in [0.15, 0.2) is 0 Å². The molecule has 0 fully saturated rings. The van der Waals surface area contributed by atoms with E-state index < -0.39 is 26.6 Å². The van der Waals surface area contributed by atoms with Crippen LogP contribution >= 0.6 is 7.82 Å². The van der Waals surface area contributed by atoms with Crippen molar-refractivity contribution in [3.05, 3.63) is 24.3 Å². The zero-order valence-electron chi connectivity index (χ0n) is 35.5. The SMILES string of the molecule is CCCCCCCCCCCCCCCCCCCCCCCCCCC/C=C/CC/C=C/C(O)C(COP(=O)([O-])OCC[N+](C)(C)C)NC(=O)CC. The topological polar surface area (TPSA) is 108 Å². The van der Waals surface area contributed by atoms with Crippen LogP contribution in [0.5, 0.6) is 0 Å². The molecule has 0 aliphatic heterocycles. The molecule has 0 radical (unpaired) electrons. The van der Waals surface area contributed by atoms with Gasteiger partial charge in [-0.05, 0) is 25.7 Å². The first-order valence-corrected chi connectivity index (χ1v) is 23.7. The average Bonchev–Trinajstić information content (AvgIpc) is 3.11. The van der Waals surface area contributed by atoms with Crippen molar-refractivity contribution < 1.29 is 32.9 Å². The smallest absolute Gasteiger partial charge is 0.268 e. The predicted octanol–water partition coefficient (Wildman–Crippen LogP) is 11.5. The highest BCUT2D eigenvalue weighted by Crippen LogP contribution is 2.38. The number of carbonyl (C=O) groups excluding carboxylic acids is 1. The summed E-state index contributed by atoms with van der Waals surface area (Å²) in [7, 11) is 1.24. The van der Waals surface area contributed by atoms with Crippen molar-refractivity contribution >= 4 is 13.7 Å². The Morgan fingerprint density at radius 3 is 1.45 bits per heavy atom. The minimum atomic E-state index is -4.55. The number of hydrogen-bond acceptors (Lipinski definition) is 6. The molecule has 3 atom stereocenters. The van der Waals surface area contributed by atoms with E-state index in [4.69, 9.17) is 9.05 Å². The molecule has 2 N–H and O–H groups in total. The number of quaternary nitrogens is 1. The largest absolute Gasteiger partial charge is 0.756 e. The van der Waals surface area contributed by atoms with Crippen molar-refractivity contribution in [1.82, 2.24) is 5.32 Å². The number of aliphatic hydroxyl groups is 1. The molecule has 0 bridgehead atoms. The molecule has 0 aromatic rings. The summed E-state index contributed by atoms with van der Waals surface area (Å²) < 4.78 is 22.6. The zero-order valence-corrected chi connectivity index (χ0v) is 36.4. The first kappa shape index (κ1) is 52.0. The fourth-order valence-corrected chi connectivity index (χ4v) is 7.09. The number of phosphoric ester groups is 1. The van der Waals surface area contributed by atoms with Gasteiger partial charge < -0.3 is 28.8 Å². The number of likely N-dealkylation sites (N-methyl/N-ethyl adjacent to an activating group) is 1. The lowest BCUT2D eigenvalue weighted by Crippen LogP contribution is -2.45. The van der Waals surface area contributed by atoms with Crippen molar-refractivity contribution in [2.24, 2.45) is 0 Å². The molecule has 3 unspecified atom stereocenters. The van der Waals surface area contributed by atoms with E-state index in [9.17, 15) is 19.4 Å². The summed E-state index contributed by atoms with van der Waals surface area (Å²) >= 11 is 0. The van der Waals surface area contributed by atoms with E-state index in [0.717, 1.165) is 19.3 Å². The van der Waals surface area contributed by atoms with Crippen LogP contribution in [0.15, 0.2) is 24.3 Å². The Morgan fingerprint density at radius 2 is 1.04 bits per heavy atom. The molecule has 0 saturated carbocycles. The maximum absolute atomic E-state index is 12.2. The summed E-state index contributed by atoms with van der Waals surface area (Å²) in [4.78, 5) is 24.1. The summed E-state index contributed by atoms with van der Waals surface area (Å²) in [5.74, 6) is -0.295. The van der Waals surface area contributed by atoms with Crippen molar-refractivity contribution in [2.75, 3.05) is 40.9 Å². The van der Waals surface area contributed by atoms with Gasteiger partial charge in [-0.15, -0.1) is 0 Å². The van der Waals surface area contributed by atoms with Gasteiger partial charge in [0.2, 0.25) is 5.91 Å². The lowest BCUT2D eigenvalue weighted by Gasteiger charge is -2.29. The summed E-state index contributed by atoms with van der Waals surface area (Å²) in [5, 5.41) is 13.3. The molecule has 1 amide bonds. The third-order valence-corrected chi connectivity index (χ3v) is 10.9. The number of hydrogen-bond donors (Lipinski definition) is 2. The van der Waals surface area contributed by atoms with Crippen LogP contribution in [0.3, 0.4) is 0 Å². The molecule has 314 valence electrons. The Labute approximate surface area is 328 Å². The van der Waals surface area contributed by atoms with E-state index in [1.807, 2.05) is 27.2 Å². The molecule has 53 heavy (non-hydrogen) atoms. The van der Waals surface area contributed by atoms with Gasteiger partial charge in [-0.3, -0.25) is 9.36 Å². The number of phosphoric acid groups is 1. The summed E-state index contributed by atoms with van der Waals surface area (Å²) in [6, 6.07) is -0.896. The number of unbranched alkanes of at least 4 members (excludes halogenated alkanes) is 26. The first-order chi connectivity index (χ1) is 25.5. The van der Waals surface area contributed by atoms with Crippen LogP contribution < -0.4 is 10.2 Å². The van der Waals surface area contributed by atoms with E-state index in [1.54, 1.807) is 13.0 Å². The highest BCUT2D eigenvalue weighted by Gasteiger charge is 2.22. The van der Waals surface area contributed by atoms with Gasteiger partial charge in [0, 0.05) is 6.42 Å². The summed E-state index contributed by atoms with van der Waals surface area (Å²) in [5.41, 5.74) is 0. The number of carbonyl (C=O) groups is 1. The summed E-state index contributed by atoms with van der Waals surface area (Å²) in [6.45, 7) is 4.07. The Balaban J connectivity index is 3.70. The second-order valence-corrected chi connectivity index (χ2v) is 17.8. The Morgan fingerprint density at radius 1 is 0.642 bits per heavy atom. The maximum Gasteiger partial charge on any atom is 0.268 e. The number of allylic oxidation sites excluding steroid dienone is 3. The second kappa shape index (κ2) is 36.6. The van der Waals surface area contributed by atoms with Crippen LogP contribution in [0.1, 0.15) is 200 Å². The molecular weight excluding hydrogens is 683 g/mol. The number of nitrogens with one attached hydrogen (secondary N) is 1. The number of aliphatic hydroxyl groups excluding tert-OH is 1. The van der Waals surface area contributed by atoms with E-state index in [2.05, 4.69) is 24.4 Å². The lowest BCUT2D eigenvalue weighted by molar-refractivity contribution is -0.870. The van der Waals surface area contributed by atoms with Crippen molar-refractivity contribution in [2.45, 2.75) is 212 Å². The molecule has 9 heteroatoms. The minimum Gasteiger partial charge on any atom is -0.756 e. The molecule has 0 aliphatic carbocycles. The quantitative estimate of drug-likeness (QED) is 0.0278. The third-order valence-electron chi connectivity index (χ3n) is 9.98. The number of amides is 1. The standard InChI is InChI=1S/C44H87N2O6P/c1-6-8-9-10-11-12-13-14-15-16-17-18-19-20-21-22-23-24-25-26-27-28-29-30-31-32-33-34-35-36-37-38-43(47)42(45-44(48)7-2)41-52-53(49,50)51-40-39-46(3,4)5/h33-34,37-38,42-43,47H,6-32,35-36,39-41H2,1-5H3,(H-,45,48,49,50)/b34-33+,38-37+. The van der Waals surface area contributed by atoms with E-state index in [0.29, 0.717) is 11.0 Å². The van der Waals surface area contributed by atoms with Gasteiger partial charge in [0.05, 0.1) is 39.9 Å². The fraction of sp³-hybridized carbons (Fsp3) is 0.886. The van der Waals surface area contributed by atoms with E-state index in [1.165, 1.54) is 161 Å². The lowest BCUT2D eigenvalue weighted by atomic mass is 10.0. The monoisotopic (exact) mass is 771 g/mol. The van der Waals surface area contributed by atoms with Crippen LogP contribution in [0.25, 0.3) is 0 Å². The number of rotatable bonds is 40. The van der Waals surface area contributed by atoms with Gasteiger partial charge in [0.25, 0.3) is 7.82 Å². The minimum absolute atomic E-state index is 0.00801. The molecule has 0 spiro atoms. The highest BCUT2D eigenvalue weighted by atomic mass is 31.2. The predicted molar refractivity (Wildman–Crippen MR) is 224 cm³/mol. The Hall–Kier alpha value is -1.02. The molecule has 8 nitrogen and oxygen atoms in total. The fourth-order valence-electron chi connectivity index (χ4n) is 6.37. The normalized spacial score (nSPS) is 14.6. The van der Waals surface area contributed by atoms with Crippen LogP contribution in [0.2, 0.25) is 0 Å². The molecular formula is C44H87N2O6P. The van der Waals surface area contributed by atoms with Gasteiger partial charge in [0.1, 0.15) is 13.2 Å². The Kier molecular flexibility index (Phi) is 35.9. The van der Waals surface area contributed by atoms with Crippen molar-refractivity contribution in [3.63, 3.8) is 0 Å². The van der Waals surface area contributed by atoms with Crippen LogP contribution in [-0.4, -0.2) is 68.5 Å². The van der Waals surface area contributed by atoms with Gasteiger partial charge >= 0.3 is 0 Å². The van der Waals surface area contributed by atoms with E-state index in [-0.39, 0.29) is 18.9 Å². The maximum atomic E-state index is 12.2. The summed E-state index contributed by atoms with van der Waals surface area (Å²) in [6.07, 6.45) is 45.0. The van der Waals surface area contributed by atoms with Gasteiger partial charge in [-0.25, -0.2) is 0 Å². The van der Waals surface area contributed by atoms with Crippen molar-refractivity contribution in [3.8, 4) is 0 Å². The second-order valence-electron chi connectivity index (χ2n) is 16.4. The van der Waals surface area contributed by atoms with E-state index >= 15 is 0 Å². The van der Waals surface area contributed by atoms with Gasteiger partial charge in [-0.2, -0.15) is 0 Å². The molecule has 0 saturated heterocycles. The van der Waals surface area contributed by atoms with Crippen LogP contribution in [0, 0.1) is 0 Å².